The molecule has 148 valence electrons. The largest absolute Gasteiger partial charge is 0.480 e. The van der Waals surface area contributed by atoms with Crippen molar-refractivity contribution in [1.82, 2.24) is 4.90 Å². The van der Waals surface area contributed by atoms with Crippen LogP contribution < -0.4 is 10.5 Å². The van der Waals surface area contributed by atoms with Gasteiger partial charge in [-0.1, -0.05) is 17.7 Å². The van der Waals surface area contributed by atoms with Crippen LogP contribution in [-0.4, -0.2) is 52.5 Å². The molecule has 5 rings (SSSR count). The van der Waals surface area contributed by atoms with Gasteiger partial charge in [0.2, 0.25) is 0 Å². The number of hydrogen-bond acceptors (Lipinski definition) is 5. The van der Waals surface area contributed by atoms with E-state index in [1.165, 1.54) is 5.57 Å². The Morgan fingerprint density at radius 3 is 2.89 bits per heavy atom. The number of aliphatic hydroxyl groups is 1. The zero-order valence-electron chi connectivity index (χ0n) is 16.3. The molecule has 2 fully saturated rings. The number of amides is 1. The van der Waals surface area contributed by atoms with Crippen LogP contribution in [0.2, 0.25) is 0 Å². The fourth-order valence-corrected chi connectivity index (χ4v) is 6.14. The number of ketones is 1. The molecule has 1 saturated carbocycles. The maximum Gasteiger partial charge on any atom is 0.252 e. The van der Waals surface area contributed by atoms with Gasteiger partial charge in [-0.05, 0) is 44.7 Å². The number of nitrogens with two attached hydrogens (primary N) is 1. The maximum atomic E-state index is 12.9. The van der Waals surface area contributed by atoms with Crippen molar-refractivity contribution in [3.8, 4) is 5.75 Å². The summed E-state index contributed by atoms with van der Waals surface area (Å²) in [4.78, 5) is 27.2. The first kappa shape index (κ1) is 17.9. The van der Waals surface area contributed by atoms with Crippen LogP contribution in [0.1, 0.15) is 54.6 Å². The number of Topliss-reactive ketones (excluding diaryl/α,β-unsaturated/α-hetero) is 1. The molecule has 6 heteroatoms. The molecule has 2 aliphatic heterocycles. The van der Waals surface area contributed by atoms with Gasteiger partial charge in [-0.3, -0.25) is 14.5 Å². The first-order valence-corrected chi connectivity index (χ1v) is 10.0. The average Bonchev–Trinajstić information content (AvgIpc) is 2.98. The number of rotatable bonds is 3. The highest BCUT2D eigenvalue weighted by atomic mass is 16.5. The van der Waals surface area contributed by atoms with E-state index in [1.54, 1.807) is 6.07 Å². The van der Waals surface area contributed by atoms with E-state index in [0.717, 1.165) is 24.2 Å². The summed E-state index contributed by atoms with van der Waals surface area (Å²) in [7, 11) is 0. The van der Waals surface area contributed by atoms with Crippen LogP contribution in [-0.2, 0) is 16.6 Å². The highest BCUT2D eigenvalue weighted by molar-refractivity contribution is 5.98. The number of benzene rings is 1. The van der Waals surface area contributed by atoms with Gasteiger partial charge in [0.25, 0.3) is 5.91 Å². The van der Waals surface area contributed by atoms with Gasteiger partial charge < -0.3 is 15.6 Å². The molecule has 1 saturated heterocycles. The third-order valence-corrected chi connectivity index (χ3v) is 7.39. The summed E-state index contributed by atoms with van der Waals surface area (Å²) in [6.07, 6.45) is 3.51. The quantitative estimate of drug-likeness (QED) is 0.773. The number of allylic oxidation sites excluding steroid dienone is 1. The number of likely N-dealkylation sites (tertiary alicyclic amines) is 1. The van der Waals surface area contributed by atoms with Crippen molar-refractivity contribution in [2.75, 3.05) is 13.1 Å². The number of hydrogen-bond donors (Lipinski definition) is 2. The van der Waals surface area contributed by atoms with Crippen molar-refractivity contribution in [2.45, 2.75) is 62.7 Å². The minimum absolute atomic E-state index is 0.0145. The van der Waals surface area contributed by atoms with Crippen LogP contribution in [0.5, 0.6) is 5.75 Å². The van der Waals surface area contributed by atoms with Crippen LogP contribution in [0, 0.1) is 0 Å². The van der Waals surface area contributed by atoms with E-state index < -0.39 is 23.0 Å². The van der Waals surface area contributed by atoms with Gasteiger partial charge in [0.05, 0.1) is 16.6 Å². The van der Waals surface area contributed by atoms with Gasteiger partial charge in [-0.25, -0.2) is 0 Å². The fourth-order valence-electron chi connectivity index (χ4n) is 6.14. The lowest BCUT2D eigenvalue weighted by Gasteiger charge is -2.62. The van der Waals surface area contributed by atoms with E-state index in [0.29, 0.717) is 37.0 Å². The molecule has 2 heterocycles. The van der Waals surface area contributed by atoms with Gasteiger partial charge >= 0.3 is 0 Å². The van der Waals surface area contributed by atoms with Gasteiger partial charge in [-0.2, -0.15) is 0 Å². The highest BCUT2D eigenvalue weighted by Gasteiger charge is 2.72. The summed E-state index contributed by atoms with van der Waals surface area (Å²) in [5, 5.41) is 12.1. The highest BCUT2D eigenvalue weighted by Crippen LogP contribution is 2.63. The SMILES string of the molecule is CC(C)=CCN1CC[C@]23c4c5ccc(C(N)=O)c4O[C@H]2C(=O)CC[C@@]3(O)C1C5. The van der Waals surface area contributed by atoms with Gasteiger partial charge in [0.15, 0.2) is 11.9 Å². The second-order valence-electron chi connectivity index (χ2n) is 8.95. The average molecular weight is 382 g/mol. The van der Waals surface area contributed by atoms with E-state index in [2.05, 4.69) is 24.8 Å². The number of ether oxygens (including phenoxy) is 1. The smallest absolute Gasteiger partial charge is 0.252 e. The van der Waals surface area contributed by atoms with Crippen molar-refractivity contribution in [2.24, 2.45) is 5.73 Å². The van der Waals surface area contributed by atoms with Crippen molar-refractivity contribution in [3.63, 3.8) is 0 Å². The van der Waals surface area contributed by atoms with E-state index in [4.69, 9.17) is 10.5 Å². The molecule has 4 atom stereocenters. The molecule has 1 spiro atoms. The van der Waals surface area contributed by atoms with E-state index in [1.807, 2.05) is 6.07 Å². The van der Waals surface area contributed by atoms with Gasteiger partial charge in [0, 0.05) is 31.1 Å². The van der Waals surface area contributed by atoms with Crippen molar-refractivity contribution in [3.05, 3.63) is 40.5 Å². The third kappa shape index (κ3) is 2.00. The molecule has 1 aromatic rings. The zero-order valence-corrected chi connectivity index (χ0v) is 16.3. The molecule has 0 radical (unpaired) electrons. The molecule has 3 N–H and O–H groups in total. The van der Waals surface area contributed by atoms with E-state index in [-0.39, 0.29) is 11.8 Å². The Bertz CT molecular complexity index is 935. The monoisotopic (exact) mass is 382 g/mol. The lowest BCUT2D eigenvalue weighted by atomic mass is 9.49. The molecule has 2 aliphatic carbocycles. The van der Waals surface area contributed by atoms with Crippen molar-refractivity contribution in [1.29, 1.82) is 0 Å². The molecule has 1 aromatic carbocycles. The van der Waals surface area contributed by atoms with Crippen LogP contribution in [0.4, 0.5) is 0 Å². The van der Waals surface area contributed by atoms with Crippen LogP contribution in [0.3, 0.4) is 0 Å². The Labute approximate surface area is 164 Å². The molecule has 28 heavy (non-hydrogen) atoms. The molecule has 2 bridgehead atoms. The second kappa shape index (κ2) is 5.67. The Hall–Kier alpha value is -2.18. The molecule has 1 unspecified atom stereocenters. The minimum Gasteiger partial charge on any atom is -0.480 e. The molecule has 1 amide bonds. The van der Waals surface area contributed by atoms with Crippen LogP contribution in [0.25, 0.3) is 0 Å². The molecular formula is C22H26N2O4. The van der Waals surface area contributed by atoms with Crippen molar-refractivity contribution >= 4 is 11.7 Å². The Kier molecular flexibility index (Phi) is 3.62. The number of piperidine rings is 1. The molecule has 6 nitrogen and oxygen atoms in total. The number of carbonyl (C=O) groups is 2. The standard InChI is InChI=1S/C22H26N2O4/c1-12(2)6-9-24-10-8-21-17-13-3-4-14(20(23)26)18(17)28-19(21)15(25)5-7-22(21,27)16(24)11-13/h3-4,6,16,19,27H,5,7-11H2,1-2H3,(H2,23,26)/t16?,19-,21-,22+/m0/s1. The normalized spacial score (nSPS) is 35.2. The predicted molar refractivity (Wildman–Crippen MR) is 103 cm³/mol. The number of primary amides is 1. The molecule has 0 aromatic heterocycles. The summed E-state index contributed by atoms with van der Waals surface area (Å²) in [5.41, 5.74) is 7.24. The fraction of sp³-hybridized carbons (Fsp3) is 0.545. The maximum absolute atomic E-state index is 12.9. The first-order valence-electron chi connectivity index (χ1n) is 10.0. The first-order chi connectivity index (χ1) is 13.3. The lowest BCUT2D eigenvalue weighted by Crippen LogP contribution is -2.76. The lowest BCUT2D eigenvalue weighted by molar-refractivity contribution is -0.187. The topological polar surface area (TPSA) is 92.9 Å². The predicted octanol–water partition coefficient (Wildman–Crippen LogP) is 1.47. The summed E-state index contributed by atoms with van der Waals surface area (Å²) < 4.78 is 6.14. The van der Waals surface area contributed by atoms with Gasteiger partial charge in [-0.15, -0.1) is 0 Å². The Morgan fingerprint density at radius 1 is 1.39 bits per heavy atom. The third-order valence-electron chi connectivity index (χ3n) is 7.39. The van der Waals surface area contributed by atoms with E-state index in [9.17, 15) is 14.7 Å². The van der Waals surface area contributed by atoms with Gasteiger partial charge in [0.1, 0.15) is 5.75 Å². The zero-order chi connectivity index (χ0) is 19.8. The summed E-state index contributed by atoms with van der Waals surface area (Å²) in [6, 6.07) is 3.56. The Balaban J connectivity index is 1.72. The van der Waals surface area contributed by atoms with Crippen LogP contribution in [0.15, 0.2) is 23.8 Å². The summed E-state index contributed by atoms with van der Waals surface area (Å²) in [6.45, 7) is 5.72. The Morgan fingerprint density at radius 2 is 2.18 bits per heavy atom. The number of carbonyl (C=O) groups excluding carboxylic acids is 2. The van der Waals surface area contributed by atoms with E-state index >= 15 is 0 Å². The summed E-state index contributed by atoms with van der Waals surface area (Å²) >= 11 is 0. The van der Waals surface area contributed by atoms with Crippen molar-refractivity contribution < 1.29 is 19.4 Å². The second-order valence-corrected chi connectivity index (χ2v) is 8.95. The summed E-state index contributed by atoms with van der Waals surface area (Å²) in [5.74, 6) is -0.118. The molecular weight excluding hydrogens is 356 g/mol. The van der Waals surface area contributed by atoms with Crippen LogP contribution >= 0.6 is 0 Å². The molecule has 4 aliphatic rings. The number of nitrogens with zero attached hydrogens (tertiary/aromatic N) is 1. The minimum atomic E-state index is -1.05.